The molecule has 0 radical (unpaired) electrons. The van der Waals surface area contributed by atoms with E-state index >= 15 is 0 Å². The highest BCUT2D eigenvalue weighted by atomic mass is 35.5. The summed E-state index contributed by atoms with van der Waals surface area (Å²) in [5.74, 6) is -0.393. The van der Waals surface area contributed by atoms with Crippen molar-refractivity contribution in [3.63, 3.8) is 0 Å². The maximum atomic E-state index is 13.1. The first-order chi connectivity index (χ1) is 12.9. The van der Waals surface area contributed by atoms with Crippen LogP contribution in [0.25, 0.3) is 0 Å². The van der Waals surface area contributed by atoms with Crippen molar-refractivity contribution in [2.24, 2.45) is 0 Å². The number of benzene rings is 2. The largest absolute Gasteiger partial charge is 0.456 e. The molecule has 2 atom stereocenters. The molecule has 1 heterocycles. The number of ether oxygens (including phenoxy) is 1. The Hall–Kier alpha value is -2.04. The second-order valence-corrected chi connectivity index (χ2v) is 7.37. The molecule has 0 fully saturated rings. The zero-order valence-corrected chi connectivity index (χ0v) is 16.8. The Morgan fingerprint density at radius 3 is 2.33 bits per heavy atom. The first-order valence-corrected chi connectivity index (χ1v) is 9.68. The Balaban J connectivity index is 1.89. The second kappa shape index (κ2) is 8.32. The number of halogens is 2. The summed E-state index contributed by atoms with van der Waals surface area (Å²) in [6.07, 6.45) is -0.0906. The van der Waals surface area contributed by atoms with Gasteiger partial charge < -0.3 is 9.64 Å². The molecule has 4 nitrogen and oxygen atoms in total. The van der Waals surface area contributed by atoms with Gasteiger partial charge in [0.15, 0.2) is 0 Å². The minimum absolute atomic E-state index is 0.0967. The highest BCUT2D eigenvalue weighted by molar-refractivity contribution is 6.36. The molecule has 0 N–H and O–H groups in total. The zero-order chi connectivity index (χ0) is 19.6. The molecule has 1 aliphatic heterocycles. The lowest BCUT2D eigenvalue weighted by Gasteiger charge is -2.39. The first kappa shape index (κ1) is 19.7. The molecule has 0 spiro atoms. The SMILES string of the molecule is CCC(=O)O[C@@H]1CN(C(=O)Cc2c(Cl)cccc2Cl)[C@@H](C)c2ccccc21. The van der Waals surface area contributed by atoms with E-state index in [1.807, 2.05) is 31.2 Å². The van der Waals surface area contributed by atoms with Gasteiger partial charge >= 0.3 is 5.97 Å². The monoisotopic (exact) mass is 405 g/mol. The lowest BCUT2D eigenvalue weighted by Crippen LogP contribution is -2.42. The summed E-state index contributed by atoms with van der Waals surface area (Å²) in [6, 6.07) is 12.8. The summed E-state index contributed by atoms with van der Waals surface area (Å²) in [5, 5.41) is 0.935. The topological polar surface area (TPSA) is 46.6 Å². The van der Waals surface area contributed by atoms with Crippen LogP contribution in [0.3, 0.4) is 0 Å². The molecule has 2 aromatic rings. The third-order valence-electron chi connectivity index (χ3n) is 4.90. The predicted molar refractivity (Wildman–Crippen MR) is 106 cm³/mol. The van der Waals surface area contributed by atoms with Gasteiger partial charge in [0, 0.05) is 16.5 Å². The van der Waals surface area contributed by atoms with Crippen molar-refractivity contribution >= 4 is 35.1 Å². The Bertz CT molecular complexity index is 848. The lowest BCUT2D eigenvalue weighted by molar-refractivity contribution is -0.154. The average Bonchev–Trinajstić information content (AvgIpc) is 2.66. The van der Waals surface area contributed by atoms with Gasteiger partial charge in [-0.25, -0.2) is 0 Å². The molecule has 0 aromatic heterocycles. The number of rotatable bonds is 4. The fourth-order valence-corrected chi connectivity index (χ4v) is 3.93. The van der Waals surface area contributed by atoms with Crippen LogP contribution in [-0.4, -0.2) is 23.3 Å². The van der Waals surface area contributed by atoms with Crippen molar-refractivity contribution in [1.82, 2.24) is 4.90 Å². The van der Waals surface area contributed by atoms with Crippen molar-refractivity contribution in [2.75, 3.05) is 6.54 Å². The van der Waals surface area contributed by atoms with Crippen LogP contribution in [0, 0.1) is 0 Å². The molecular weight excluding hydrogens is 385 g/mol. The quantitative estimate of drug-likeness (QED) is 0.661. The third kappa shape index (κ3) is 4.12. The van der Waals surface area contributed by atoms with Crippen molar-refractivity contribution in [2.45, 2.75) is 38.8 Å². The van der Waals surface area contributed by atoms with Gasteiger partial charge in [0.25, 0.3) is 0 Å². The minimum atomic E-state index is -0.476. The maximum Gasteiger partial charge on any atom is 0.306 e. The van der Waals surface area contributed by atoms with E-state index < -0.39 is 6.10 Å². The smallest absolute Gasteiger partial charge is 0.306 e. The second-order valence-electron chi connectivity index (χ2n) is 6.56. The van der Waals surface area contributed by atoms with Crippen LogP contribution in [0.15, 0.2) is 42.5 Å². The van der Waals surface area contributed by atoms with Crippen molar-refractivity contribution in [1.29, 1.82) is 0 Å². The van der Waals surface area contributed by atoms with Gasteiger partial charge in [-0.15, -0.1) is 0 Å². The fraction of sp³-hybridized carbons (Fsp3) is 0.333. The van der Waals surface area contributed by atoms with Crippen LogP contribution < -0.4 is 0 Å². The number of amides is 1. The molecule has 0 bridgehead atoms. The molecule has 1 amide bonds. The summed E-state index contributed by atoms with van der Waals surface area (Å²) in [6.45, 7) is 4.04. The number of esters is 1. The van der Waals surface area contributed by atoms with Crippen LogP contribution in [0.5, 0.6) is 0 Å². The van der Waals surface area contributed by atoms with Gasteiger partial charge in [0.2, 0.25) is 5.91 Å². The van der Waals surface area contributed by atoms with E-state index in [4.69, 9.17) is 27.9 Å². The normalized spacial score (nSPS) is 18.7. The van der Waals surface area contributed by atoms with Crippen LogP contribution in [0.1, 0.15) is 49.1 Å². The highest BCUT2D eigenvalue weighted by Crippen LogP contribution is 2.37. The van der Waals surface area contributed by atoms with E-state index in [9.17, 15) is 9.59 Å². The van der Waals surface area contributed by atoms with Crippen molar-refractivity contribution in [3.8, 4) is 0 Å². The van der Waals surface area contributed by atoms with E-state index in [-0.39, 0.29) is 30.8 Å². The van der Waals surface area contributed by atoms with Crippen LogP contribution in [0.4, 0.5) is 0 Å². The van der Waals surface area contributed by atoms with Crippen molar-refractivity contribution < 1.29 is 14.3 Å². The van der Waals surface area contributed by atoms with Crippen LogP contribution in [-0.2, 0) is 20.7 Å². The van der Waals surface area contributed by atoms with E-state index in [1.165, 1.54) is 0 Å². The summed E-state index contributed by atoms with van der Waals surface area (Å²) in [7, 11) is 0. The Labute approximate surface area is 169 Å². The summed E-state index contributed by atoms with van der Waals surface area (Å²) >= 11 is 12.4. The number of carbonyl (C=O) groups is 2. The van der Waals surface area contributed by atoms with Gasteiger partial charge in [-0.2, -0.15) is 0 Å². The Morgan fingerprint density at radius 1 is 1.07 bits per heavy atom. The van der Waals surface area contributed by atoms with E-state index in [2.05, 4.69) is 0 Å². The van der Waals surface area contributed by atoms with Crippen LogP contribution >= 0.6 is 23.2 Å². The molecule has 3 rings (SSSR count). The number of nitrogens with zero attached hydrogens (tertiary/aromatic N) is 1. The summed E-state index contributed by atoms with van der Waals surface area (Å²) in [4.78, 5) is 26.7. The number of hydrogen-bond donors (Lipinski definition) is 0. The van der Waals surface area contributed by atoms with Gasteiger partial charge in [0.05, 0.1) is 19.0 Å². The molecule has 0 aliphatic carbocycles. The fourth-order valence-electron chi connectivity index (χ4n) is 3.40. The number of carbonyl (C=O) groups excluding carboxylic acids is 2. The predicted octanol–water partition coefficient (Wildman–Crippen LogP) is 5.13. The summed E-state index contributed by atoms with van der Waals surface area (Å²) in [5.41, 5.74) is 2.54. The Morgan fingerprint density at radius 2 is 1.70 bits per heavy atom. The standard InChI is InChI=1S/C21H21Cl2NO3/c1-3-21(26)27-19-12-24(13(2)14-7-4-5-8-15(14)19)20(25)11-16-17(22)9-6-10-18(16)23/h4-10,13,19H,3,11-12H2,1-2H3/t13-,19+/m0/s1. The molecule has 1 aliphatic rings. The molecule has 6 heteroatoms. The van der Waals surface area contributed by atoms with E-state index in [1.54, 1.807) is 30.0 Å². The molecular formula is C21H21Cl2NO3. The number of fused-ring (bicyclic) bond motifs is 1. The van der Waals surface area contributed by atoms with Gasteiger partial charge in [-0.3, -0.25) is 9.59 Å². The molecule has 142 valence electrons. The molecule has 0 saturated carbocycles. The van der Waals surface area contributed by atoms with Crippen LogP contribution in [0.2, 0.25) is 10.0 Å². The highest BCUT2D eigenvalue weighted by Gasteiger charge is 2.35. The number of hydrogen-bond acceptors (Lipinski definition) is 3. The average molecular weight is 406 g/mol. The third-order valence-corrected chi connectivity index (χ3v) is 5.60. The molecule has 27 heavy (non-hydrogen) atoms. The summed E-state index contributed by atoms with van der Waals surface area (Å²) < 4.78 is 5.61. The van der Waals surface area contributed by atoms with Gasteiger partial charge in [0.1, 0.15) is 6.10 Å². The molecule has 2 aromatic carbocycles. The molecule has 0 unspecified atom stereocenters. The first-order valence-electron chi connectivity index (χ1n) is 8.93. The van der Waals surface area contributed by atoms with E-state index in [0.717, 1.165) is 11.1 Å². The van der Waals surface area contributed by atoms with Gasteiger partial charge in [-0.05, 0) is 35.7 Å². The molecule has 0 saturated heterocycles. The van der Waals surface area contributed by atoms with E-state index in [0.29, 0.717) is 22.2 Å². The minimum Gasteiger partial charge on any atom is -0.456 e. The Kier molecular flexibility index (Phi) is 6.08. The van der Waals surface area contributed by atoms with Crippen molar-refractivity contribution in [3.05, 3.63) is 69.2 Å². The zero-order valence-electron chi connectivity index (χ0n) is 15.2. The maximum absolute atomic E-state index is 13.1. The lowest BCUT2D eigenvalue weighted by atomic mass is 9.91. The van der Waals surface area contributed by atoms with Gasteiger partial charge in [-0.1, -0.05) is 60.5 Å².